The van der Waals surface area contributed by atoms with E-state index in [0.29, 0.717) is 17.3 Å². The van der Waals surface area contributed by atoms with Gasteiger partial charge in [-0.25, -0.2) is 0 Å². The molecule has 0 radical (unpaired) electrons. The molecule has 0 N–H and O–H groups in total. The molecule has 2 rings (SSSR count). The highest BCUT2D eigenvalue weighted by molar-refractivity contribution is 6.45. The molecule has 0 spiro atoms. The van der Waals surface area contributed by atoms with Crippen molar-refractivity contribution in [3.8, 4) is 0 Å². The molecule has 1 fully saturated rings. The molecule has 0 aromatic heterocycles. The van der Waals surface area contributed by atoms with E-state index < -0.39 is 0 Å². The Morgan fingerprint density at radius 1 is 1.25 bits per heavy atom. The Morgan fingerprint density at radius 3 is 2.62 bits per heavy atom. The summed E-state index contributed by atoms with van der Waals surface area (Å²) in [5.41, 5.74) is 1.32. The molecule has 0 saturated heterocycles. The van der Waals surface area contributed by atoms with Crippen molar-refractivity contribution >= 4 is 11.6 Å². The lowest BCUT2D eigenvalue weighted by atomic mass is 10.0. The first-order valence-corrected chi connectivity index (χ1v) is 5.86. The molecule has 2 aliphatic carbocycles. The second-order valence-electron chi connectivity index (χ2n) is 5.57. The molecule has 1 saturated carbocycles. The molecular formula is C14H18O2. The molecule has 0 amide bonds. The lowest BCUT2D eigenvalue weighted by Crippen LogP contribution is -2.08. The monoisotopic (exact) mass is 218 g/mol. The van der Waals surface area contributed by atoms with Crippen molar-refractivity contribution in [2.24, 2.45) is 17.3 Å². The molecule has 0 aliphatic heterocycles. The summed E-state index contributed by atoms with van der Waals surface area (Å²) >= 11 is 0. The van der Waals surface area contributed by atoms with Crippen LogP contribution in [0.25, 0.3) is 0 Å². The van der Waals surface area contributed by atoms with Crippen LogP contribution >= 0.6 is 0 Å². The quantitative estimate of drug-likeness (QED) is 0.586. The molecule has 0 aromatic carbocycles. The van der Waals surface area contributed by atoms with Crippen LogP contribution in [0.3, 0.4) is 0 Å². The van der Waals surface area contributed by atoms with Crippen molar-refractivity contribution in [1.82, 2.24) is 0 Å². The van der Waals surface area contributed by atoms with Gasteiger partial charge in [-0.2, -0.15) is 0 Å². The molecular weight excluding hydrogens is 200 g/mol. The summed E-state index contributed by atoms with van der Waals surface area (Å²) in [6.45, 7) is 6.40. The van der Waals surface area contributed by atoms with Gasteiger partial charge < -0.3 is 0 Å². The zero-order valence-electron chi connectivity index (χ0n) is 10.1. The van der Waals surface area contributed by atoms with Gasteiger partial charge in [0.2, 0.25) is 11.6 Å². The van der Waals surface area contributed by atoms with Crippen molar-refractivity contribution in [2.75, 3.05) is 0 Å². The summed E-state index contributed by atoms with van der Waals surface area (Å²) in [4.78, 5) is 22.9. The van der Waals surface area contributed by atoms with E-state index in [2.05, 4.69) is 13.8 Å². The Hall–Kier alpha value is -1.18. The molecule has 2 heteroatoms. The molecule has 2 atom stereocenters. The van der Waals surface area contributed by atoms with E-state index in [9.17, 15) is 9.59 Å². The van der Waals surface area contributed by atoms with E-state index in [4.69, 9.17) is 0 Å². The maximum Gasteiger partial charge on any atom is 0.225 e. The number of rotatable bonds is 0. The van der Waals surface area contributed by atoms with Crippen LogP contribution in [0.15, 0.2) is 23.8 Å². The van der Waals surface area contributed by atoms with Crippen LogP contribution < -0.4 is 0 Å². The Kier molecular flexibility index (Phi) is 2.61. The Labute approximate surface area is 96.4 Å². The minimum Gasteiger partial charge on any atom is -0.286 e. The number of carbonyl (C=O) groups excluding carboxylic acids is 2. The first-order chi connectivity index (χ1) is 7.43. The predicted octanol–water partition coefficient (Wildman–Crippen LogP) is 2.69. The third-order valence-electron chi connectivity index (χ3n) is 4.06. The topological polar surface area (TPSA) is 34.1 Å². The fourth-order valence-electron chi connectivity index (χ4n) is 2.74. The van der Waals surface area contributed by atoms with Crippen molar-refractivity contribution in [3.05, 3.63) is 23.8 Å². The highest BCUT2D eigenvalue weighted by atomic mass is 16.2. The number of hydrogen-bond acceptors (Lipinski definition) is 2. The van der Waals surface area contributed by atoms with Crippen LogP contribution in [0.5, 0.6) is 0 Å². The van der Waals surface area contributed by atoms with Crippen LogP contribution in [0.1, 0.15) is 33.6 Å². The second-order valence-corrected chi connectivity index (χ2v) is 5.57. The molecule has 0 bridgehead atoms. The summed E-state index contributed by atoms with van der Waals surface area (Å²) in [5.74, 6) is 0.358. The highest BCUT2D eigenvalue weighted by Gasteiger charge is 2.55. The van der Waals surface area contributed by atoms with Crippen LogP contribution in [-0.2, 0) is 9.59 Å². The maximum atomic E-state index is 11.5. The first kappa shape index (κ1) is 11.3. The average molecular weight is 218 g/mol. The number of fused-ring (bicyclic) bond motifs is 1. The number of carbonyl (C=O) groups is 2. The largest absolute Gasteiger partial charge is 0.286 e. The zero-order valence-corrected chi connectivity index (χ0v) is 10.1. The summed E-state index contributed by atoms with van der Waals surface area (Å²) in [5, 5.41) is 0. The molecule has 2 unspecified atom stereocenters. The molecule has 2 nitrogen and oxygen atoms in total. The van der Waals surface area contributed by atoms with Crippen LogP contribution in [0.2, 0.25) is 0 Å². The van der Waals surface area contributed by atoms with Crippen molar-refractivity contribution in [1.29, 1.82) is 0 Å². The van der Waals surface area contributed by atoms with E-state index in [1.54, 1.807) is 0 Å². The Morgan fingerprint density at radius 2 is 1.94 bits per heavy atom. The summed E-state index contributed by atoms with van der Waals surface area (Å²) in [6.07, 6.45) is 6.93. The van der Waals surface area contributed by atoms with Gasteiger partial charge in [0.25, 0.3) is 0 Å². The van der Waals surface area contributed by atoms with Crippen LogP contribution in [0, 0.1) is 17.3 Å². The third kappa shape index (κ3) is 1.89. The molecule has 0 aromatic rings. The number of hydrogen-bond donors (Lipinski definition) is 0. The van der Waals surface area contributed by atoms with Crippen molar-refractivity contribution in [2.45, 2.75) is 33.6 Å². The molecule has 2 aliphatic rings. The standard InChI is InChI=1S/C14H18O2/c1-9-4-5-10-11(14(10,2)3)6-7-12(15)13(16)8-9/h6-8,10-11H,4-5H2,1-3H3. The summed E-state index contributed by atoms with van der Waals surface area (Å²) in [7, 11) is 0. The van der Waals surface area contributed by atoms with Gasteiger partial charge in [-0.1, -0.05) is 25.5 Å². The van der Waals surface area contributed by atoms with Crippen molar-refractivity contribution in [3.63, 3.8) is 0 Å². The van der Waals surface area contributed by atoms with Crippen LogP contribution in [0.4, 0.5) is 0 Å². The minimum absolute atomic E-state index is 0.296. The highest BCUT2D eigenvalue weighted by Crippen LogP contribution is 2.61. The fraction of sp³-hybridized carbons (Fsp3) is 0.571. The summed E-state index contributed by atoms with van der Waals surface area (Å²) in [6, 6.07) is 0. The predicted molar refractivity (Wildman–Crippen MR) is 62.9 cm³/mol. The van der Waals surface area contributed by atoms with E-state index in [0.717, 1.165) is 18.4 Å². The number of ketones is 2. The van der Waals surface area contributed by atoms with Gasteiger partial charge in [0.15, 0.2) is 0 Å². The van der Waals surface area contributed by atoms with Crippen LogP contribution in [-0.4, -0.2) is 11.6 Å². The van der Waals surface area contributed by atoms with E-state index in [1.807, 2.05) is 13.0 Å². The van der Waals surface area contributed by atoms with Crippen molar-refractivity contribution < 1.29 is 9.59 Å². The lowest BCUT2D eigenvalue weighted by molar-refractivity contribution is -0.131. The molecule has 0 heterocycles. The summed E-state index contributed by atoms with van der Waals surface area (Å²) < 4.78 is 0. The van der Waals surface area contributed by atoms with Gasteiger partial charge in [-0.3, -0.25) is 9.59 Å². The van der Waals surface area contributed by atoms with E-state index in [1.165, 1.54) is 12.2 Å². The minimum atomic E-state index is -0.386. The van der Waals surface area contributed by atoms with Gasteiger partial charge in [0, 0.05) is 0 Å². The normalized spacial score (nSPS) is 33.1. The van der Waals surface area contributed by atoms with E-state index >= 15 is 0 Å². The van der Waals surface area contributed by atoms with Gasteiger partial charge in [0.1, 0.15) is 0 Å². The molecule has 16 heavy (non-hydrogen) atoms. The Balaban J connectivity index is 2.24. The molecule has 86 valence electrons. The first-order valence-electron chi connectivity index (χ1n) is 5.86. The fourth-order valence-corrected chi connectivity index (χ4v) is 2.74. The third-order valence-corrected chi connectivity index (χ3v) is 4.06. The second kappa shape index (κ2) is 3.69. The smallest absolute Gasteiger partial charge is 0.225 e. The SMILES string of the molecule is CC1=CC(=O)C(=O)C=CC2C(CC1)C2(C)C. The van der Waals surface area contributed by atoms with Gasteiger partial charge >= 0.3 is 0 Å². The Bertz CT molecular complexity index is 399. The zero-order chi connectivity index (χ0) is 11.9. The lowest BCUT2D eigenvalue weighted by Gasteiger charge is -2.03. The number of allylic oxidation sites excluding steroid dienone is 4. The van der Waals surface area contributed by atoms with Gasteiger partial charge in [-0.15, -0.1) is 0 Å². The van der Waals surface area contributed by atoms with Gasteiger partial charge in [-0.05, 0) is 49.2 Å². The maximum absolute atomic E-state index is 11.5. The average Bonchev–Trinajstić information content (AvgIpc) is 2.72. The van der Waals surface area contributed by atoms with Gasteiger partial charge in [0.05, 0.1) is 0 Å². The van der Waals surface area contributed by atoms with E-state index in [-0.39, 0.29) is 11.6 Å².